The third kappa shape index (κ3) is 3.31. The minimum absolute atomic E-state index is 0.230. The lowest BCUT2D eigenvalue weighted by molar-refractivity contribution is -0.123. The van der Waals surface area contributed by atoms with Crippen molar-refractivity contribution in [1.82, 2.24) is 10.4 Å². The van der Waals surface area contributed by atoms with Gasteiger partial charge in [0.1, 0.15) is 5.76 Å². The second-order valence-electron chi connectivity index (χ2n) is 4.45. The monoisotopic (exact) mass is 364 g/mol. The number of thioether (sulfide) groups is 1. The van der Waals surface area contributed by atoms with Crippen LogP contribution < -0.4 is 5.43 Å². The summed E-state index contributed by atoms with van der Waals surface area (Å²) in [6, 6.07) is 9.99. The molecular formula is C15H9ClN2O3S2. The molecule has 5 nitrogen and oxygen atoms in total. The Labute approximate surface area is 146 Å². The first-order valence-corrected chi connectivity index (χ1v) is 8.03. The predicted molar refractivity (Wildman–Crippen MR) is 92.6 cm³/mol. The number of carbonyl (C=O) groups excluding carboxylic acids is 2. The van der Waals surface area contributed by atoms with E-state index in [1.165, 1.54) is 6.26 Å². The lowest BCUT2D eigenvalue weighted by atomic mass is 10.2. The highest BCUT2D eigenvalue weighted by Crippen LogP contribution is 2.31. The number of hydrazine groups is 1. The van der Waals surface area contributed by atoms with Gasteiger partial charge in [-0.2, -0.15) is 5.01 Å². The van der Waals surface area contributed by atoms with Crippen LogP contribution in [0.2, 0.25) is 5.02 Å². The molecule has 0 spiro atoms. The Bertz CT molecular complexity index is 818. The fraction of sp³-hybridized carbons (Fsp3) is 0. The van der Waals surface area contributed by atoms with E-state index in [9.17, 15) is 9.59 Å². The molecular weight excluding hydrogens is 356 g/mol. The van der Waals surface area contributed by atoms with Crippen molar-refractivity contribution >= 4 is 57.8 Å². The van der Waals surface area contributed by atoms with Crippen LogP contribution in [0.1, 0.15) is 16.1 Å². The minimum atomic E-state index is -0.508. The van der Waals surface area contributed by atoms with Gasteiger partial charge in [-0.15, -0.1) is 0 Å². The Hall–Kier alpha value is -2.09. The van der Waals surface area contributed by atoms with Gasteiger partial charge in [0.15, 0.2) is 4.32 Å². The zero-order chi connectivity index (χ0) is 16.4. The number of carbonyl (C=O) groups is 2. The van der Waals surface area contributed by atoms with Gasteiger partial charge in [-0.3, -0.25) is 15.0 Å². The lowest BCUT2D eigenvalue weighted by Crippen LogP contribution is -2.44. The highest BCUT2D eigenvalue weighted by molar-refractivity contribution is 8.26. The number of thiocarbonyl (C=S) groups is 1. The van der Waals surface area contributed by atoms with E-state index in [-0.39, 0.29) is 9.88 Å². The molecule has 3 rings (SSSR count). The normalized spacial score (nSPS) is 16.2. The van der Waals surface area contributed by atoms with Crippen molar-refractivity contribution in [3.05, 3.63) is 63.9 Å². The maximum absolute atomic E-state index is 12.4. The summed E-state index contributed by atoms with van der Waals surface area (Å²) in [7, 11) is 0. The second kappa shape index (κ2) is 6.57. The molecule has 0 bridgehead atoms. The van der Waals surface area contributed by atoms with Crippen LogP contribution in [0.25, 0.3) is 6.08 Å². The van der Waals surface area contributed by atoms with E-state index in [0.29, 0.717) is 15.7 Å². The van der Waals surface area contributed by atoms with Crippen molar-refractivity contribution in [3.8, 4) is 0 Å². The van der Waals surface area contributed by atoms with Crippen LogP contribution in [0.15, 0.2) is 52.0 Å². The Morgan fingerprint density at radius 3 is 2.78 bits per heavy atom. The molecule has 1 aromatic heterocycles. The number of hydrogen-bond acceptors (Lipinski definition) is 5. The molecule has 1 aliphatic rings. The highest BCUT2D eigenvalue weighted by atomic mass is 35.5. The average Bonchev–Trinajstić information content (AvgIpc) is 3.12. The van der Waals surface area contributed by atoms with Gasteiger partial charge >= 0.3 is 0 Å². The van der Waals surface area contributed by atoms with Crippen molar-refractivity contribution < 1.29 is 14.0 Å². The van der Waals surface area contributed by atoms with Crippen LogP contribution in [-0.2, 0) is 4.79 Å². The van der Waals surface area contributed by atoms with Crippen molar-refractivity contribution in [2.75, 3.05) is 0 Å². The van der Waals surface area contributed by atoms with Gasteiger partial charge < -0.3 is 4.42 Å². The van der Waals surface area contributed by atoms with Gasteiger partial charge in [0, 0.05) is 6.08 Å². The number of furan rings is 1. The molecule has 23 heavy (non-hydrogen) atoms. The lowest BCUT2D eigenvalue weighted by Gasteiger charge is -2.16. The number of nitrogens with one attached hydrogen (secondary N) is 1. The van der Waals surface area contributed by atoms with Gasteiger partial charge in [0.25, 0.3) is 11.8 Å². The largest absolute Gasteiger partial charge is 0.465 e. The Kier molecular flexibility index (Phi) is 4.51. The number of hydrogen-bond donors (Lipinski definition) is 1. The molecule has 1 fully saturated rings. The van der Waals surface area contributed by atoms with Crippen molar-refractivity contribution in [1.29, 1.82) is 0 Å². The molecule has 0 atom stereocenters. The van der Waals surface area contributed by atoms with Crippen LogP contribution >= 0.6 is 35.6 Å². The molecule has 0 aliphatic carbocycles. The fourth-order valence-corrected chi connectivity index (χ4v) is 3.25. The predicted octanol–water partition coefficient (Wildman–Crippen LogP) is 3.48. The molecule has 2 heterocycles. The van der Waals surface area contributed by atoms with E-state index in [1.54, 1.807) is 42.5 Å². The zero-order valence-corrected chi connectivity index (χ0v) is 13.9. The topological polar surface area (TPSA) is 62.6 Å². The van der Waals surface area contributed by atoms with Crippen molar-refractivity contribution in [3.63, 3.8) is 0 Å². The second-order valence-corrected chi connectivity index (χ2v) is 6.54. The first-order chi connectivity index (χ1) is 11.1. The van der Waals surface area contributed by atoms with E-state index >= 15 is 0 Å². The molecule has 1 aliphatic heterocycles. The third-order valence-corrected chi connectivity index (χ3v) is 4.57. The van der Waals surface area contributed by atoms with Gasteiger partial charge in [0.2, 0.25) is 0 Å². The summed E-state index contributed by atoms with van der Waals surface area (Å²) in [5.74, 6) is -0.397. The van der Waals surface area contributed by atoms with E-state index in [4.69, 9.17) is 28.2 Å². The van der Waals surface area contributed by atoms with Crippen LogP contribution in [0.3, 0.4) is 0 Å². The van der Waals surface area contributed by atoms with Crippen LogP contribution in [0.4, 0.5) is 0 Å². The van der Waals surface area contributed by atoms with E-state index in [2.05, 4.69) is 5.43 Å². The smallest absolute Gasteiger partial charge is 0.285 e. The molecule has 0 unspecified atom stereocenters. The Morgan fingerprint density at radius 2 is 2.09 bits per heavy atom. The number of amides is 2. The number of rotatable bonds is 3. The van der Waals surface area contributed by atoms with Crippen molar-refractivity contribution in [2.45, 2.75) is 0 Å². The summed E-state index contributed by atoms with van der Waals surface area (Å²) in [6.07, 6.45) is 3.08. The highest BCUT2D eigenvalue weighted by Gasteiger charge is 2.34. The fourth-order valence-electron chi connectivity index (χ4n) is 1.87. The summed E-state index contributed by atoms with van der Waals surface area (Å²) in [5.41, 5.74) is 2.73. The van der Waals surface area contributed by atoms with Gasteiger partial charge in [-0.05, 0) is 36.5 Å². The maximum Gasteiger partial charge on any atom is 0.285 e. The molecule has 2 aromatic rings. The van der Waals surface area contributed by atoms with Crippen LogP contribution in [0.5, 0.6) is 0 Å². The summed E-state index contributed by atoms with van der Waals surface area (Å²) < 4.78 is 5.40. The summed E-state index contributed by atoms with van der Waals surface area (Å²) in [4.78, 5) is 25.0. The van der Waals surface area contributed by atoms with Gasteiger partial charge in [-0.1, -0.05) is 35.5 Å². The molecule has 116 valence electrons. The van der Waals surface area contributed by atoms with Crippen LogP contribution in [-0.4, -0.2) is 21.1 Å². The van der Waals surface area contributed by atoms with Gasteiger partial charge in [0.05, 0.1) is 21.8 Å². The standard InChI is InChI=1S/C15H9ClN2O3S2/c16-11-6-2-1-5-10(11)13(19)17-18-14(20)12(23-15(18)22)8-9-4-3-7-21-9/h1-8H,(H,17,19)/b12-8-. The number of benzene rings is 1. The SMILES string of the molecule is O=C(NN1C(=O)/C(=C/c2ccco2)SC1=S)c1ccccc1Cl. The molecule has 1 aromatic carbocycles. The first-order valence-electron chi connectivity index (χ1n) is 6.43. The average molecular weight is 365 g/mol. The molecule has 1 saturated heterocycles. The molecule has 0 saturated carbocycles. The Balaban J connectivity index is 1.79. The molecule has 2 amide bonds. The molecule has 8 heteroatoms. The maximum atomic E-state index is 12.4. The van der Waals surface area contributed by atoms with E-state index in [0.717, 1.165) is 16.8 Å². The van der Waals surface area contributed by atoms with E-state index in [1.807, 2.05) is 0 Å². The minimum Gasteiger partial charge on any atom is -0.465 e. The number of halogens is 1. The molecule has 0 radical (unpaired) electrons. The van der Waals surface area contributed by atoms with E-state index < -0.39 is 11.8 Å². The van der Waals surface area contributed by atoms with Gasteiger partial charge in [-0.25, -0.2) is 0 Å². The summed E-state index contributed by atoms with van der Waals surface area (Å²) in [6.45, 7) is 0. The molecule has 1 N–H and O–H groups in total. The first kappa shape index (κ1) is 15.8. The van der Waals surface area contributed by atoms with Crippen molar-refractivity contribution in [2.24, 2.45) is 0 Å². The quantitative estimate of drug-likeness (QED) is 0.667. The Morgan fingerprint density at radius 1 is 1.30 bits per heavy atom. The summed E-state index contributed by atoms with van der Waals surface area (Å²) >= 11 is 12.2. The number of nitrogens with zero attached hydrogens (tertiary/aromatic N) is 1. The third-order valence-electron chi connectivity index (χ3n) is 2.94. The zero-order valence-electron chi connectivity index (χ0n) is 11.5. The van der Waals surface area contributed by atoms with Crippen LogP contribution in [0, 0.1) is 0 Å². The summed E-state index contributed by atoms with van der Waals surface area (Å²) in [5, 5.41) is 1.32.